The second kappa shape index (κ2) is 8.99. The van der Waals surface area contributed by atoms with Gasteiger partial charge in [-0.1, -0.05) is 36.4 Å². The summed E-state index contributed by atoms with van der Waals surface area (Å²) >= 11 is 0. The number of benzene rings is 2. The van der Waals surface area contributed by atoms with Crippen molar-refractivity contribution in [3.63, 3.8) is 0 Å². The third-order valence-corrected chi connectivity index (χ3v) is 4.05. The van der Waals surface area contributed by atoms with Crippen molar-refractivity contribution in [1.82, 2.24) is 0 Å². The minimum absolute atomic E-state index is 0.132. The first kappa shape index (κ1) is 18.7. The van der Waals surface area contributed by atoms with E-state index in [1.165, 1.54) is 7.11 Å². The lowest BCUT2D eigenvalue weighted by atomic mass is 9.98. The van der Waals surface area contributed by atoms with Crippen LogP contribution in [0.25, 0.3) is 11.1 Å². The first-order valence-electron chi connectivity index (χ1n) is 8.20. The molecule has 0 bridgehead atoms. The van der Waals surface area contributed by atoms with Gasteiger partial charge in [-0.15, -0.1) is 0 Å². The number of carbonyl (C=O) groups excluding carboxylic acids is 1. The highest BCUT2D eigenvalue weighted by atomic mass is 16.5. The lowest BCUT2D eigenvalue weighted by Crippen LogP contribution is -2.00. The van der Waals surface area contributed by atoms with Gasteiger partial charge < -0.3 is 14.9 Å². The van der Waals surface area contributed by atoms with Gasteiger partial charge in [0.1, 0.15) is 0 Å². The van der Waals surface area contributed by atoms with E-state index in [0.29, 0.717) is 24.8 Å². The van der Waals surface area contributed by atoms with E-state index >= 15 is 0 Å². The Hall–Kier alpha value is -2.66. The van der Waals surface area contributed by atoms with E-state index in [4.69, 9.17) is 5.11 Å². The highest BCUT2D eigenvalue weighted by molar-refractivity contribution is 5.89. The first-order valence-corrected chi connectivity index (χ1v) is 8.20. The number of aliphatic carboxylic acids is 1. The Bertz CT molecular complexity index is 704. The van der Waals surface area contributed by atoms with Crippen LogP contribution in [0.4, 0.5) is 0 Å². The molecule has 0 saturated carbocycles. The summed E-state index contributed by atoms with van der Waals surface area (Å²) in [7, 11) is 1.35. The highest BCUT2D eigenvalue weighted by Gasteiger charge is 2.09. The quantitative estimate of drug-likeness (QED) is 0.563. The summed E-state index contributed by atoms with van der Waals surface area (Å²) in [6.45, 7) is 0. The maximum Gasteiger partial charge on any atom is 0.337 e. The molecule has 1 atom stereocenters. The van der Waals surface area contributed by atoms with Gasteiger partial charge in [-0.05, 0) is 48.1 Å². The zero-order valence-corrected chi connectivity index (χ0v) is 14.1. The Morgan fingerprint density at radius 1 is 0.960 bits per heavy atom. The summed E-state index contributed by atoms with van der Waals surface area (Å²) in [5.41, 5.74) is 3.26. The molecule has 0 amide bonds. The normalized spacial score (nSPS) is 11.8. The molecule has 2 N–H and O–H groups in total. The first-order chi connectivity index (χ1) is 12.0. The zero-order chi connectivity index (χ0) is 18.2. The number of hydrogen-bond donors (Lipinski definition) is 2. The van der Waals surface area contributed by atoms with Crippen LogP contribution in [-0.4, -0.2) is 29.3 Å². The molecule has 0 radical (unpaired) electrons. The molecule has 2 aromatic carbocycles. The maximum absolute atomic E-state index is 11.4. The molecular formula is C20H22O5. The zero-order valence-electron chi connectivity index (χ0n) is 14.1. The summed E-state index contributed by atoms with van der Waals surface area (Å²) < 4.78 is 4.68. The molecule has 0 aliphatic rings. The molecular weight excluding hydrogens is 320 g/mol. The SMILES string of the molecule is COC(=O)c1ccc(-c2ccc(C(O)CCCCC(=O)O)cc2)cc1. The number of carbonyl (C=O) groups is 2. The number of methoxy groups -OCH3 is 1. The Morgan fingerprint density at radius 3 is 2.04 bits per heavy atom. The van der Waals surface area contributed by atoms with Gasteiger partial charge in [0.2, 0.25) is 0 Å². The molecule has 0 spiro atoms. The Balaban J connectivity index is 1.97. The molecule has 5 heteroatoms. The fourth-order valence-corrected chi connectivity index (χ4v) is 2.59. The fraction of sp³-hybridized carbons (Fsp3) is 0.300. The van der Waals surface area contributed by atoms with Crippen molar-refractivity contribution in [1.29, 1.82) is 0 Å². The van der Waals surface area contributed by atoms with Crippen LogP contribution >= 0.6 is 0 Å². The molecule has 2 rings (SSSR count). The largest absolute Gasteiger partial charge is 0.481 e. The Kier molecular flexibility index (Phi) is 6.71. The number of esters is 1. The lowest BCUT2D eigenvalue weighted by molar-refractivity contribution is -0.137. The van der Waals surface area contributed by atoms with Crippen LogP contribution in [0.2, 0.25) is 0 Å². The van der Waals surface area contributed by atoms with E-state index in [1.54, 1.807) is 12.1 Å². The monoisotopic (exact) mass is 342 g/mol. The van der Waals surface area contributed by atoms with Crippen molar-refractivity contribution in [2.75, 3.05) is 7.11 Å². The van der Waals surface area contributed by atoms with E-state index in [1.807, 2.05) is 36.4 Å². The van der Waals surface area contributed by atoms with E-state index < -0.39 is 12.1 Å². The summed E-state index contributed by atoms with van der Waals surface area (Å²) in [6, 6.07) is 14.7. The molecule has 1 unspecified atom stereocenters. The highest BCUT2D eigenvalue weighted by Crippen LogP contribution is 2.25. The van der Waals surface area contributed by atoms with Crippen LogP contribution in [-0.2, 0) is 9.53 Å². The smallest absolute Gasteiger partial charge is 0.337 e. The van der Waals surface area contributed by atoms with Crippen molar-refractivity contribution in [3.05, 3.63) is 59.7 Å². The molecule has 25 heavy (non-hydrogen) atoms. The Labute approximate surface area is 146 Å². The van der Waals surface area contributed by atoms with Gasteiger partial charge >= 0.3 is 11.9 Å². The molecule has 0 aromatic heterocycles. The van der Waals surface area contributed by atoms with E-state index in [9.17, 15) is 14.7 Å². The van der Waals surface area contributed by atoms with Gasteiger partial charge in [0.05, 0.1) is 18.8 Å². The fourth-order valence-electron chi connectivity index (χ4n) is 2.59. The summed E-state index contributed by atoms with van der Waals surface area (Å²) in [5, 5.41) is 18.8. The molecule has 0 saturated heterocycles. The van der Waals surface area contributed by atoms with Gasteiger partial charge in [0, 0.05) is 6.42 Å². The van der Waals surface area contributed by atoms with Gasteiger partial charge in [-0.2, -0.15) is 0 Å². The average Bonchev–Trinajstić information content (AvgIpc) is 2.64. The molecule has 0 fully saturated rings. The van der Waals surface area contributed by atoms with E-state index in [-0.39, 0.29) is 12.4 Å². The predicted octanol–water partition coefficient (Wildman–Crippen LogP) is 3.82. The second-order valence-electron chi connectivity index (χ2n) is 5.85. The van der Waals surface area contributed by atoms with Crippen molar-refractivity contribution < 1.29 is 24.5 Å². The van der Waals surface area contributed by atoms with Crippen LogP contribution in [0.1, 0.15) is 47.7 Å². The average molecular weight is 342 g/mol. The second-order valence-corrected chi connectivity index (χ2v) is 5.85. The Morgan fingerprint density at radius 2 is 1.52 bits per heavy atom. The summed E-state index contributed by atoms with van der Waals surface area (Å²) in [4.78, 5) is 21.9. The van der Waals surface area contributed by atoms with Crippen LogP contribution in [0.15, 0.2) is 48.5 Å². The molecule has 0 heterocycles. The van der Waals surface area contributed by atoms with Crippen LogP contribution in [0.3, 0.4) is 0 Å². The minimum atomic E-state index is -0.808. The van der Waals surface area contributed by atoms with Crippen molar-refractivity contribution >= 4 is 11.9 Å². The van der Waals surface area contributed by atoms with Crippen molar-refractivity contribution in [3.8, 4) is 11.1 Å². The molecule has 0 aliphatic carbocycles. The number of ether oxygens (including phenoxy) is 1. The summed E-state index contributed by atoms with van der Waals surface area (Å²) in [6.07, 6.45) is 1.32. The number of unbranched alkanes of at least 4 members (excludes halogenated alkanes) is 1. The van der Waals surface area contributed by atoms with Crippen molar-refractivity contribution in [2.24, 2.45) is 0 Å². The standard InChI is InChI=1S/C20H22O5/c1-25-20(24)17-12-8-15(9-13-17)14-6-10-16(11-7-14)18(21)4-2-3-5-19(22)23/h6-13,18,21H,2-5H2,1H3,(H,22,23). The van der Waals surface area contributed by atoms with Gasteiger partial charge in [0.25, 0.3) is 0 Å². The number of aliphatic hydroxyl groups is 1. The molecule has 5 nitrogen and oxygen atoms in total. The third-order valence-electron chi connectivity index (χ3n) is 4.05. The van der Waals surface area contributed by atoms with Crippen LogP contribution < -0.4 is 0 Å². The predicted molar refractivity (Wildman–Crippen MR) is 94.3 cm³/mol. The van der Waals surface area contributed by atoms with Crippen LogP contribution in [0, 0.1) is 0 Å². The van der Waals surface area contributed by atoms with Gasteiger partial charge in [-0.3, -0.25) is 4.79 Å². The van der Waals surface area contributed by atoms with E-state index in [0.717, 1.165) is 16.7 Å². The number of aliphatic hydroxyl groups excluding tert-OH is 1. The maximum atomic E-state index is 11.4. The lowest BCUT2D eigenvalue weighted by Gasteiger charge is -2.11. The molecule has 2 aromatic rings. The topological polar surface area (TPSA) is 83.8 Å². The van der Waals surface area contributed by atoms with E-state index in [2.05, 4.69) is 4.74 Å². The number of hydrogen-bond acceptors (Lipinski definition) is 4. The van der Waals surface area contributed by atoms with Gasteiger partial charge in [0.15, 0.2) is 0 Å². The molecule has 132 valence electrons. The van der Waals surface area contributed by atoms with Crippen LogP contribution in [0.5, 0.6) is 0 Å². The number of rotatable bonds is 8. The molecule has 0 aliphatic heterocycles. The number of carboxylic acid groups (broad SMARTS) is 1. The van der Waals surface area contributed by atoms with Crippen molar-refractivity contribution in [2.45, 2.75) is 31.8 Å². The van der Waals surface area contributed by atoms with Gasteiger partial charge in [-0.25, -0.2) is 4.79 Å². The number of carboxylic acids is 1. The minimum Gasteiger partial charge on any atom is -0.481 e. The third kappa shape index (κ3) is 5.43. The summed E-state index contributed by atoms with van der Waals surface area (Å²) in [5.74, 6) is -1.18.